The molecule has 0 bridgehead atoms. The van der Waals surface area contributed by atoms with Gasteiger partial charge in [0.25, 0.3) is 0 Å². The van der Waals surface area contributed by atoms with Crippen LogP contribution in [0, 0.1) is 18.6 Å². The van der Waals surface area contributed by atoms with Crippen LogP contribution in [0.25, 0.3) is 16.8 Å². The molecule has 1 aliphatic heterocycles. The van der Waals surface area contributed by atoms with E-state index >= 15 is 0 Å². The molecule has 41 heavy (non-hydrogen) atoms. The fraction of sp³-hybridized carbons (Fsp3) is 0.360. The molecule has 0 spiro atoms. The molecule has 4 aromatic rings. The molecule has 0 radical (unpaired) electrons. The van der Waals surface area contributed by atoms with Crippen LogP contribution in [0.15, 0.2) is 36.8 Å². The maximum absolute atomic E-state index is 14.5. The lowest BCUT2D eigenvalue weighted by Gasteiger charge is -2.37. The second-order valence-corrected chi connectivity index (χ2v) is 10.2. The quantitative estimate of drug-likeness (QED) is 0.210. The summed E-state index contributed by atoms with van der Waals surface area (Å²) < 4.78 is 83.6. The zero-order valence-electron chi connectivity index (χ0n) is 21.3. The Balaban J connectivity index is 1.51. The Morgan fingerprint density at radius 3 is 2.61 bits per heavy atom. The molecule has 5 rings (SSSR count). The number of nitrogens with zero attached hydrogens (tertiary/aromatic N) is 6. The second-order valence-electron chi connectivity index (χ2n) is 9.32. The molecule has 3 aromatic heterocycles. The average Bonchev–Trinajstić information content (AvgIpc) is 3.52. The first kappa shape index (κ1) is 29.3. The first-order chi connectivity index (χ1) is 19.3. The standard InChI is InChI=1S/C25H21Cl2F5N6O3/c1-11-19(10-40-11)41-22(18(39)9-37-8-13(6-34-37)15-3-4-16(27)21(29)20(15)28)24-35-12(2)36-38(24)17-5-14(26)7-33-23(17)25(30,31)32/h3-8,11,18-19,22,39H,9-10H2,1-2H3/t11?,18-,19?,22?/m0/s1. The van der Waals surface area contributed by atoms with Gasteiger partial charge < -0.3 is 14.6 Å². The van der Waals surface area contributed by atoms with Gasteiger partial charge in [-0.1, -0.05) is 23.2 Å². The molecule has 0 amide bonds. The molecule has 218 valence electrons. The summed E-state index contributed by atoms with van der Waals surface area (Å²) in [5.41, 5.74) is -1.69. The summed E-state index contributed by atoms with van der Waals surface area (Å²) in [6.45, 7) is 3.10. The average molecular weight is 619 g/mol. The van der Waals surface area contributed by atoms with E-state index in [1.165, 1.54) is 36.1 Å². The number of benzene rings is 1. The highest BCUT2D eigenvalue weighted by atomic mass is 35.5. The Bertz CT molecular complexity index is 1580. The number of halogens is 7. The molecule has 1 N–H and O–H groups in total. The summed E-state index contributed by atoms with van der Waals surface area (Å²) >= 11 is 11.6. The van der Waals surface area contributed by atoms with E-state index in [1.807, 2.05) is 0 Å². The fourth-order valence-electron chi connectivity index (χ4n) is 4.27. The van der Waals surface area contributed by atoms with Crippen LogP contribution in [0.2, 0.25) is 10.0 Å². The van der Waals surface area contributed by atoms with E-state index in [-0.39, 0.29) is 52.1 Å². The van der Waals surface area contributed by atoms with Crippen molar-refractivity contribution in [3.63, 3.8) is 0 Å². The molecule has 1 aliphatic rings. The van der Waals surface area contributed by atoms with E-state index in [0.29, 0.717) is 0 Å². The smallest absolute Gasteiger partial charge is 0.388 e. The van der Waals surface area contributed by atoms with Crippen molar-refractivity contribution in [2.24, 2.45) is 0 Å². The zero-order valence-corrected chi connectivity index (χ0v) is 22.8. The molecule has 0 aliphatic carbocycles. The van der Waals surface area contributed by atoms with Crippen LogP contribution in [0.4, 0.5) is 22.0 Å². The predicted molar refractivity (Wildman–Crippen MR) is 136 cm³/mol. The summed E-state index contributed by atoms with van der Waals surface area (Å²) in [5, 5.41) is 19.1. The molecule has 1 saturated heterocycles. The highest BCUT2D eigenvalue weighted by Crippen LogP contribution is 2.36. The van der Waals surface area contributed by atoms with Crippen molar-refractivity contribution in [2.75, 3.05) is 6.61 Å². The topological polar surface area (TPSA) is 100 Å². The van der Waals surface area contributed by atoms with Gasteiger partial charge in [-0.15, -0.1) is 0 Å². The van der Waals surface area contributed by atoms with Gasteiger partial charge in [0.15, 0.2) is 23.2 Å². The predicted octanol–water partition coefficient (Wildman–Crippen LogP) is 5.34. The minimum absolute atomic E-state index is 0.0823. The zero-order chi connectivity index (χ0) is 29.6. The highest BCUT2D eigenvalue weighted by molar-refractivity contribution is 6.31. The summed E-state index contributed by atoms with van der Waals surface area (Å²) in [4.78, 5) is 7.73. The number of aromatic nitrogens is 6. The van der Waals surface area contributed by atoms with Crippen LogP contribution in [0.1, 0.15) is 30.4 Å². The first-order valence-electron chi connectivity index (χ1n) is 12.1. The van der Waals surface area contributed by atoms with Crippen LogP contribution < -0.4 is 0 Å². The maximum Gasteiger partial charge on any atom is 0.435 e. The molecular weight excluding hydrogens is 598 g/mol. The third-order valence-electron chi connectivity index (χ3n) is 6.39. The van der Waals surface area contributed by atoms with Crippen LogP contribution in [0.3, 0.4) is 0 Å². The van der Waals surface area contributed by atoms with Crippen molar-refractivity contribution in [3.05, 3.63) is 75.8 Å². The largest absolute Gasteiger partial charge is 0.435 e. The summed E-state index contributed by atoms with van der Waals surface area (Å²) in [7, 11) is 0. The van der Waals surface area contributed by atoms with Gasteiger partial charge in [0.1, 0.15) is 24.1 Å². The Hall–Kier alpha value is -3.17. The lowest BCUT2D eigenvalue weighted by molar-refractivity contribution is -0.218. The number of aryl methyl sites for hydroxylation is 1. The minimum atomic E-state index is -4.86. The fourth-order valence-corrected chi connectivity index (χ4v) is 4.57. The van der Waals surface area contributed by atoms with E-state index in [1.54, 1.807) is 6.92 Å². The number of hydrogen-bond donors (Lipinski definition) is 1. The Kier molecular flexibility index (Phi) is 8.05. The number of alkyl halides is 3. The Morgan fingerprint density at radius 1 is 1.20 bits per heavy atom. The number of hydrogen-bond acceptors (Lipinski definition) is 7. The molecule has 9 nitrogen and oxygen atoms in total. The van der Waals surface area contributed by atoms with Gasteiger partial charge in [-0.2, -0.15) is 23.4 Å². The third kappa shape index (κ3) is 5.93. The minimum Gasteiger partial charge on any atom is -0.388 e. The number of rotatable bonds is 8. The number of ether oxygens (including phenoxy) is 2. The van der Waals surface area contributed by atoms with E-state index in [0.717, 1.165) is 16.9 Å². The monoisotopic (exact) mass is 618 g/mol. The molecular formula is C25H21Cl2F5N6O3. The normalized spacial score (nSPS) is 18.8. The molecule has 1 fully saturated rings. The van der Waals surface area contributed by atoms with E-state index in [4.69, 9.17) is 32.7 Å². The SMILES string of the molecule is Cc1nc(C(OC2COC2C)[C@@H](O)Cn2cc(-c3ccc(Cl)c(F)c3F)cn2)n(-c2cc(Cl)cnc2C(F)(F)F)n1. The van der Waals surface area contributed by atoms with Gasteiger partial charge >= 0.3 is 6.18 Å². The lowest BCUT2D eigenvalue weighted by Crippen LogP contribution is -2.47. The summed E-state index contributed by atoms with van der Waals surface area (Å²) in [6.07, 6.45) is -5.03. The van der Waals surface area contributed by atoms with E-state index in [2.05, 4.69) is 20.2 Å². The van der Waals surface area contributed by atoms with Crippen molar-refractivity contribution < 1.29 is 36.5 Å². The lowest BCUT2D eigenvalue weighted by atomic mass is 10.1. The molecule has 0 saturated carbocycles. The number of aliphatic hydroxyl groups is 1. The number of pyridine rings is 1. The van der Waals surface area contributed by atoms with E-state index in [9.17, 15) is 27.1 Å². The van der Waals surface area contributed by atoms with Crippen molar-refractivity contribution >= 4 is 23.2 Å². The third-order valence-corrected chi connectivity index (χ3v) is 6.89. The summed E-state index contributed by atoms with van der Waals surface area (Å²) in [5.74, 6) is -2.45. The van der Waals surface area contributed by atoms with Gasteiger partial charge in [0.05, 0.1) is 41.2 Å². The van der Waals surface area contributed by atoms with Crippen LogP contribution in [0.5, 0.6) is 0 Å². The molecule has 1 aromatic carbocycles. The van der Waals surface area contributed by atoms with Crippen LogP contribution >= 0.6 is 23.2 Å². The molecule has 16 heteroatoms. The molecule has 3 unspecified atom stereocenters. The molecule has 4 heterocycles. The van der Waals surface area contributed by atoms with Gasteiger partial charge in [-0.25, -0.2) is 23.4 Å². The van der Waals surface area contributed by atoms with E-state index < -0.39 is 47.5 Å². The molecule has 4 atom stereocenters. The van der Waals surface area contributed by atoms with Gasteiger partial charge in [0.2, 0.25) is 0 Å². The van der Waals surface area contributed by atoms with Crippen molar-refractivity contribution in [3.8, 4) is 16.8 Å². The highest BCUT2D eigenvalue weighted by Gasteiger charge is 2.40. The number of aliphatic hydroxyl groups excluding tert-OH is 1. The van der Waals surface area contributed by atoms with Crippen molar-refractivity contribution in [2.45, 2.75) is 51.0 Å². The second kappa shape index (κ2) is 11.2. The Labute approximate surface area is 239 Å². The van der Waals surface area contributed by atoms with Crippen LogP contribution in [-0.4, -0.2) is 59.6 Å². The van der Waals surface area contributed by atoms with Gasteiger partial charge in [-0.05, 0) is 32.0 Å². The van der Waals surface area contributed by atoms with Gasteiger partial charge in [-0.3, -0.25) is 4.68 Å². The van der Waals surface area contributed by atoms with Crippen LogP contribution in [-0.2, 0) is 22.2 Å². The van der Waals surface area contributed by atoms with Crippen molar-refractivity contribution in [1.29, 1.82) is 0 Å². The first-order valence-corrected chi connectivity index (χ1v) is 12.9. The van der Waals surface area contributed by atoms with Crippen molar-refractivity contribution in [1.82, 2.24) is 29.5 Å². The van der Waals surface area contributed by atoms with Gasteiger partial charge in [0, 0.05) is 23.5 Å². The Morgan fingerprint density at radius 2 is 1.95 bits per heavy atom. The maximum atomic E-state index is 14.5. The summed E-state index contributed by atoms with van der Waals surface area (Å²) in [6, 6.07) is 3.51.